The lowest BCUT2D eigenvalue weighted by molar-refractivity contribution is -0.147. The van der Waals surface area contributed by atoms with Gasteiger partial charge in [0, 0.05) is 28.7 Å². The van der Waals surface area contributed by atoms with Crippen LogP contribution in [0, 0.1) is 0 Å². The summed E-state index contributed by atoms with van der Waals surface area (Å²) in [5.74, 6) is -0.923. The van der Waals surface area contributed by atoms with Crippen LogP contribution in [0.25, 0.3) is 0 Å². The van der Waals surface area contributed by atoms with E-state index >= 15 is 0 Å². The van der Waals surface area contributed by atoms with Crippen molar-refractivity contribution < 1.29 is 19.1 Å². The molecule has 134 valence electrons. The van der Waals surface area contributed by atoms with Crippen LogP contribution in [0.5, 0.6) is 0 Å². The van der Waals surface area contributed by atoms with E-state index in [2.05, 4.69) is 15.9 Å². The normalized spacial score (nSPS) is 12.6. The van der Waals surface area contributed by atoms with E-state index in [0.29, 0.717) is 12.1 Å². The molecular weight excluding hydrogens is 398 g/mol. The number of amides is 1. The van der Waals surface area contributed by atoms with Crippen molar-refractivity contribution in [2.75, 3.05) is 18.1 Å². The molecule has 5 nitrogen and oxygen atoms in total. The maximum Gasteiger partial charge on any atom is 0.306 e. The highest BCUT2D eigenvalue weighted by molar-refractivity contribution is 9.10. The molecule has 6 heteroatoms. The lowest BCUT2D eigenvalue weighted by Crippen LogP contribution is -2.33. The first-order valence-corrected chi connectivity index (χ1v) is 9.16. The van der Waals surface area contributed by atoms with Gasteiger partial charge in [0.15, 0.2) is 12.4 Å². The average Bonchev–Trinajstić information content (AvgIpc) is 3.09. The monoisotopic (exact) mass is 415 g/mol. The molecule has 0 bridgehead atoms. The number of fused-ring (bicyclic) bond motifs is 1. The number of hydrogen-bond acceptors (Lipinski definition) is 4. The Kier molecular flexibility index (Phi) is 5.83. The fourth-order valence-electron chi connectivity index (χ4n) is 2.89. The SMILES string of the molecule is O=C(CCC(=O)c1ccc(Br)cc1)OCC(=O)N1CCc2ccccc21. The largest absolute Gasteiger partial charge is 0.456 e. The highest BCUT2D eigenvalue weighted by Crippen LogP contribution is 2.27. The summed E-state index contributed by atoms with van der Waals surface area (Å²) in [4.78, 5) is 37.8. The maximum absolute atomic E-state index is 12.3. The second-order valence-corrected chi connectivity index (χ2v) is 6.93. The molecule has 2 aromatic carbocycles. The number of carbonyl (C=O) groups is 3. The van der Waals surface area contributed by atoms with Crippen LogP contribution >= 0.6 is 15.9 Å². The van der Waals surface area contributed by atoms with Crippen LogP contribution in [-0.2, 0) is 20.7 Å². The molecule has 0 atom stereocenters. The molecule has 1 amide bonds. The molecule has 3 rings (SSSR count). The Morgan fingerprint density at radius 3 is 2.50 bits per heavy atom. The van der Waals surface area contributed by atoms with E-state index in [1.165, 1.54) is 0 Å². The van der Waals surface area contributed by atoms with E-state index < -0.39 is 5.97 Å². The van der Waals surface area contributed by atoms with Crippen molar-refractivity contribution in [1.82, 2.24) is 0 Å². The van der Waals surface area contributed by atoms with E-state index in [1.807, 2.05) is 24.3 Å². The predicted octanol–water partition coefficient (Wildman–Crippen LogP) is 3.54. The summed E-state index contributed by atoms with van der Waals surface area (Å²) in [5.41, 5.74) is 2.54. The quantitative estimate of drug-likeness (QED) is 0.534. The number of esters is 1. The first kappa shape index (κ1) is 18.3. The van der Waals surface area contributed by atoms with Crippen molar-refractivity contribution in [1.29, 1.82) is 0 Å². The van der Waals surface area contributed by atoms with E-state index in [9.17, 15) is 14.4 Å². The minimum Gasteiger partial charge on any atom is -0.456 e. The lowest BCUT2D eigenvalue weighted by Gasteiger charge is -2.17. The number of rotatable bonds is 6. The standard InChI is InChI=1S/C20H18BrNO4/c21-16-7-5-15(6-8-16)18(23)9-10-20(25)26-13-19(24)22-12-11-14-3-1-2-4-17(14)22/h1-8H,9-13H2. The number of benzene rings is 2. The minimum absolute atomic E-state index is 0.0429. The molecule has 0 fully saturated rings. The number of Topliss-reactive ketones (excluding diaryl/α,β-unsaturated/α-hetero) is 1. The summed E-state index contributed by atoms with van der Waals surface area (Å²) in [7, 11) is 0. The van der Waals surface area contributed by atoms with Crippen molar-refractivity contribution in [2.24, 2.45) is 0 Å². The third-order valence-corrected chi connectivity index (χ3v) is 4.80. The van der Waals surface area contributed by atoms with E-state index in [4.69, 9.17) is 4.74 Å². The summed E-state index contributed by atoms with van der Waals surface area (Å²) in [6.45, 7) is 0.289. The number of ether oxygens (including phenoxy) is 1. The summed E-state index contributed by atoms with van der Waals surface area (Å²) in [5, 5.41) is 0. The van der Waals surface area contributed by atoms with Crippen molar-refractivity contribution >= 4 is 39.3 Å². The Morgan fingerprint density at radius 1 is 1.00 bits per heavy atom. The summed E-state index contributed by atoms with van der Waals surface area (Å²) in [6, 6.07) is 14.6. The number of para-hydroxylation sites is 1. The minimum atomic E-state index is -0.545. The second-order valence-electron chi connectivity index (χ2n) is 6.01. The molecule has 26 heavy (non-hydrogen) atoms. The number of anilines is 1. The molecule has 1 heterocycles. The van der Waals surface area contributed by atoms with Crippen molar-refractivity contribution in [3.8, 4) is 0 Å². The van der Waals surface area contributed by atoms with Crippen LogP contribution in [0.3, 0.4) is 0 Å². The van der Waals surface area contributed by atoms with Gasteiger partial charge in [-0.3, -0.25) is 14.4 Å². The molecule has 1 aliphatic rings. The zero-order valence-corrected chi connectivity index (χ0v) is 15.7. The summed E-state index contributed by atoms with van der Waals surface area (Å²) < 4.78 is 5.93. The van der Waals surface area contributed by atoms with Gasteiger partial charge < -0.3 is 9.64 Å². The number of halogens is 1. The molecule has 2 aromatic rings. The van der Waals surface area contributed by atoms with Crippen LogP contribution in [0.2, 0.25) is 0 Å². The van der Waals surface area contributed by atoms with Gasteiger partial charge in [0.05, 0.1) is 6.42 Å². The fourth-order valence-corrected chi connectivity index (χ4v) is 3.15. The number of nitrogens with zero attached hydrogens (tertiary/aromatic N) is 1. The van der Waals surface area contributed by atoms with Gasteiger partial charge in [-0.2, -0.15) is 0 Å². The number of ketones is 1. The van der Waals surface area contributed by atoms with Crippen LogP contribution in [0.1, 0.15) is 28.8 Å². The van der Waals surface area contributed by atoms with E-state index in [0.717, 1.165) is 22.1 Å². The molecule has 0 spiro atoms. The zero-order chi connectivity index (χ0) is 18.5. The third-order valence-electron chi connectivity index (χ3n) is 4.27. The molecule has 0 saturated carbocycles. The van der Waals surface area contributed by atoms with Crippen LogP contribution in [-0.4, -0.2) is 30.8 Å². The third kappa shape index (κ3) is 4.38. The lowest BCUT2D eigenvalue weighted by atomic mass is 10.1. The van der Waals surface area contributed by atoms with Crippen molar-refractivity contribution in [3.05, 3.63) is 64.1 Å². The second kappa shape index (κ2) is 8.27. The molecule has 0 saturated heterocycles. The van der Waals surface area contributed by atoms with Gasteiger partial charge in [0.1, 0.15) is 0 Å². The van der Waals surface area contributed by atoms with Gasteiger partial charge in [-0.05, 0) is 30.2 Å². The topological polar surface area (TPSA) is 63.7 Å². The molecule has 0 radical (unpaired) electrons. The zero-order valence-electron chi connectivity index (χ0n) is 14.1. The van der Waals surface area contributed by atoms with Gasteiger partial charge in [0.2, 0.25) is 0 Å². The van der Waals surface area contributed by atoms with E-state index in [-0.39, 0.29) is 31.1 Å². The van der Waals surface area contributed by atoms with E-state index in [1.54, 1.807) is 29.2 Å². The van der Waals surface area contributed by atoms with Crippen LogP contribution in [0.15, 0.2) is 53.0 Å². The van der Waals surface area contributed by atoms with Gasteiger partial charge in [-0.1, -0.05) is 46.3 Å². The van der Waals surface area contributed by atoms with Gasteiger partial charge in [0.25, 0.3) is 5.91 Å². The smallest absolute Gasteiger partial charge is 0.306 e. The Hall–Kier alpha value is -2.47. The highest BCUT2D eigenvalue weighted by atomic mass is 79.9. The maximum atomic E-state index is 12.3. The van der Waals surface area contributed by atoms with Gasteiger partial charge in [-0.25, -0.2) is 0 Å². The first-order chi connectivity index (χ1) is 12.5. The highest BCUT2D eigenvalue weighted by Gasteiger charge is 2.24. The molecule has 1 aliphatic heterocycles. The Balaban J connectivity index is 1.45. The van der Waals surface area contributed by atoms with Crippen molar-refractivity contribution in [3.63, 3.8) is 0 Å². The average molecular weight is 416 g/mol. The molecule has 0 aromatic heterocycles. The fraction of sp³-hybridized carbons (Fsp3) is 0.250. The van der Waals surface area contributed by atoms with Crippen LogP contribution < -0.4 is 4.90 Å². The Labute approximate surface area is 160 Å². The molecule has 0 unspecified atom stereocenters. The molecule has 0 aliphatic carbocycles. The van der Waals surface area contributed by atoms with Crippen molar-refractivity contribution in [2.45, 2.75) is 19.3 Å². The molecule has 0 N–H and O–H groups in total. The Bertz CT molecular complexity index is 832. The summed E-state index contributed by atoms with van der Waals surface area (Å²) >= 11 is 3.31. The van der Waals surface area contributed by atoms with Gasteiger partial charge >= 0.3 is 5.97 Å². The Morgan fingerprint density at radius 2 is 1.73 bits per heavy atom. The number of carbonyl (C=O) groups excluding carboxylic acids is 3. The summed E-state index contributed by atoms with van der Waals surface area (Å²) in [6.07, 6.45) is 0.817. The first-order valence-electron chi connectivity index (χ1n) is 8.37. The predicted molar refractivity (Wildman–Crippen MR) is 101 cm³/mol. The number of hydrogen-bond donors (Lipinski definition) is 0. The molecular formula is C20H18BrNO4. The van der Waals surface area contributed by atoms with Crippen LogP contribution in [0.4, 0.5) is 5.69 Å². The van der Waals surface area contributed by atoms with Gasteiger partial charge in [-0.15, -0.1) is 0 Å².